The lowest BCUT2D eigenvalue weighted by molar-refractivity contribution is -0.500. The average molecular weight is 307 g/mol. The predicted octanol–water partition coefficient (Wildman–Crippen LogP) is 2.80. The van der Waals surface area contributed by atoms with Crippen LogP contribution >= 0.6 is 0 Å². The van der Waals surface area contributed by atoms with Crippen molar-refractivity contribution in [1.29, 1.82) is 0 Å². The van der Waals surface area contributed by atoms with Crippen LogP contribution in [-0.2, 0) is 0 Å². The number of hydrogen-bond donors (Lipinski definition) is 0. The maximum Gasteiger partial charge on any atom is 0.242 e. The molecule has 0 amide bonds. The maximum atomic E-state index is 12.8. The number of benzene rings is 2. The minimum absolute atomic E-state index is 0.305. The van der Waals surface area contributed by atoms with Gasteiger partial charge >= 0.3 is 0 Å². The van der Waals surface area contributed by atoms with Gasteiger partial charge in [-0.15, -0.1) is 0 Å². The van der Waals surface area contributed by atoms with Gasteiger partial charge in [0.25, 0.3) is 0 Å². The van der Waals surface area contributed by atoms with E-state index in [0.29, 0.717) is 16.7 Å². The number of carbonyl (C=O) groups excluding carboxylic acids is 2. The van der Waals surface area contributed by atoms with E-state index in [1.807, 2.05) is 19.1 Å². The fourth-order valence-corrected chi connectivity index (χ4v) is 3.86. The molecule has 23 heavy (non-hydrogen) atoms. The topological polar surface area (TPSA) is 77.3 Å². The van der Waals surface area contributed by atoms with Crippen LogP contribution in [0.5, 0.6) is 0 Å². The third-order valence-electron chi connectivity index (χ3n) is 5.00. The monoisotopic (exact) mass is 307 g/mol. The van der Waals surface area contributed by atoms with E-state index < -0.39 is 33.9 Å². The second kappa shape index (κ2) is 4.35. The Kier molecular flexibility index (Phi) is 2.61. The van der Waals surface area contributed by atoms with Crippen LogP contribution in [0.4, 0.5) is 0 Å². The standard InChI is InChI=1S/C18H13NO4/c1-10-6-8-11(9-7-10)14-15(19(22)23)18(14)16(20)12-4-2-3-5-13(12)17(18)21/h2-9,14-15H,1H3/t14-,15-/m0/s1. The lowest BCUT2D eigenvalue weighted by atomic mass is 9.93. The Morgan fingerprint density at radius 3 is 1.96 bits per heavy atom. The molecule has 0 bridgehead atoms. The van der Waals surface area contributed by atoms with Crippen LogP contribution in [0.15, 0.2) is 48.5 Å². The average Bonchev–Trinajstić information content (AvgIpc) is 3.20. The Balaban J connectivity index is 1.87. The molecule has 2 atom stereocenters. The smallest absolute Gasteiger partial charge is 0.242 e. The van der Waals surface area contributed by atoms with Gasteiger partial charge in [0.1, 0.15) is 0 Å². The molecule has 0 radical (unpaired) electrons. The van der Waals surface area contributed by atoms with Gasteiger partial charge in [0.2, 0.25) is 6.04 Å². The molecular formula is C18H13NO4. The Bertz CT molecular complexity index is 834. The zero-order valence-electron chi connectivity index (χ0n) is 12.4. The number of nitrogens with zero attached hydrogens (tertiary/aromatic N) is 1. The number of rotatable bonds is 2. The molecule has 5 heteroatoms. The predicted molar refractivity (Wildman–Crippen MR) is 82.2 cm³/mol. The second-order valence-electron chi connectivity index (χ2n) is 6.19. The first-order chi connectivity index (χ1) is 11.0. The van der Waals surface area contributed by atoms with E-state index in [1.54, 1.807) is 36.4 Å². The van der Waals surface area contributed by atoms with E-state index in [-0.39, 0.29) is 0 Å². The van der Waals surface area contributed by atoms with Gasteiger partial charge in [-0.05, 0) is 12.5 Å². The first kappa shape index (κ1) is 13.8. The summed E-state index contributed by atoms with van der Waals surface area (Å²) in [5.41, 5.74) is 0.751. The molecule has 0 heterocycles. The van der Waals surface area contributed by atoms with Crippen molar-refractivity contribution in [3.8, 4) is 0 Å². The van der Waals surface area contributed by atoms with Gasteiger partial charge in [-0.25, -0.2) is 0 Å². The normalized spacial score (nSPS) is 23.9. The molecule has 4 rings (SSSR count). The second-order valence-corrected chi connectivity index (χ2v) is 6.19. The maximum absolute atomic E-state index is 12.8. The first-order valence-corrected chi connectivity index (χ1v) is 7.38. The van der Waals surface area contributed by atoms with Crippen LogP contribution < -0.4 is 0 Å². The Labute approximate surface area is 132 Å². The van der Waals surface area contributed by atoms with Crippen molar-refractivity contribution in [2.24, 2.45) is 5.41 Å². The number of aryl methyl sites for hydroxylation is 1. The van der Waals surface area contributed by atoms with E-state index >= 15 is 0 Å². The minimum atomic E-state index is -1.55. The number of ketones is 2. The fraction of sp³-hybridized carbons (Fsp3) is 0.222. The summed E-state index contributed by atoms with van der Waals surface area (Å²) in [7, 11) is 0. The highest BCUT2D eigenvalue weighted by Crippen LogP contribution is 2.66. The SMILES string of the molecule is Cc1ccc([C@H]2[C@H]([N+](=O)[O-])C23C(=O)c2ccccc2C3=O)cc1. The molecule has 1 saturated carbocycles. The van der Waals surface area contributed by atoms with Crippen molar-refractivity contribution < 1.29 is 14.5 Å². The molecule has 114 valence electrons. The molecule has 1 spiro atoms. The lowest BCUT2D eigenvalue weighted by Gasteiger charge is -2.03. The summed E-state index contributed by atoms with van der Waals surface area (Å²) in [5, 5.41) is 11.5. The molecule has 0 N–H and O–H groups in total. The fourth-order valence-electron chi connectivity index (χ4n) is 3.86. The molecule has 2 aromatic rings. The number of carbonyl (C=O) groups is 2. The van der Waals surface area contributed by atoms with Crippen LogP contribution in [0.3, 0.4) is 0 Å². The number of Topliss-reactive ketones (excluding diaryl/α,β-unsaturated/α-hetero) is 2. The molecule has 0 saturated heterocycles. The van der Waals surface area contributed by atoms with Gasteiger partial charge in [-0.3, -0.25) is 19.7 Å². The highest BCUT2D eigenvalue weighted by Gasteiger charge is 2.84. The van der Waals surface area contributed by atoms with Crippen LogP contribution in [0.2, 0.25) is 0 Å². The van der Waals surface area contributed by atoms with E-state index in [9.17, 15) is 19.7 Å². The van der Waals surface area contributed by atoms with Crippen molar-refractivity contribution in [2.75, 3.05) is 0 Å². The third-order valence-corrected chi connectivity index (χ3v) is 5.00. The van der Waals surface area contributed by atoms with Crippen molar-refractivity contribution in [3.05, 3.63) is 80.9 Å². The summed E-state index contributed by atoms with van der Waals surface area (Å²) in [5.74, 6) is -1.51. The molecular weight excluding hydrogens is 294 g/mol. The lowest BCUT2D eigenvalue weighted by Crippen LogP contribution is -2.25. The third kappa shape index (κ3) is 1.56. The molecule has 1 fully saturated rings. The van der Waals surface area contributed by atoms with Gasteiger partial charge in [0.15, 0.2) is 17.0 Å². The summed E-state index contributed by atoms with van der Waals surface area (Å²) in [6.45, 7) is 1.92. The van der Waals surface area contributed by atoms with E-state index in [2.05, 4.69) is 0 Å². The zero-order valence-corrected chi connectivity index (χ0v) is 12.4. The van der Waals surface area contributed by atoms with E-state index in [0.717, 1.165) is 5.56 Å². The Morgan fingerprint density at radius 2 is 1.48 bits per heavy atom. The zero-order chi connectivity index (χ0) is 16.4. The van der Waals surface area contributed by atoms with Crippen molar-refractivity contribution in [3.63, 3.8) is 0 Å². The molecule has 2 aromatic carbocycles. The summed E-state index contributed by atoms with van der Waals surface area (Å²) in [6, 6.07) is 12.5. The molecule has 0 aliphatic heterocycles. The quantitative estimate of drug-likeness (QED) is 0.485. The van der Waals surface area contributed by atoms with Gasteiger partial charge in [0.05, 0.1) is 5.92 Å². The highest BCUT2D eigenvalue weighted by atomic mass is 16.6. The van der Waals surface area contributed by atoms with Crippen LogP contribution in [-0.4, -0.2) is 22.5 Å². The molecule has 0 unspecified atom stereocenters. The Morgan fingerprint density at radius 1 is 0.957 bits per heavy atom. The van der Waals surface area contributed by atoms with Gasteiger partial charge in [-0.1, -0.05) is 54.1 Å². The van der Waals surface area contributed by atoms with Crippen LogP contribution in [0.1, 0.15) is 37.8 Å². The summed E-state index contributed by atoms with van der Waals surface area (Å²) < 4.78 is 0. The van der Waals surface area contributed by atoms with Crippen molar-refractivity contribution in [1.82, 2.24) is 0 Å². The number of hydrogen-bond acceptors (Lipinski definition) is 4. The largest absolute Gasteiger partial charge is 0.293 e. The molecule has 2 aliphatic carbocycles. The van der Waals surface area contributed by atoms with Gasteiger partial charge in [0, 0.05) is 16.1 Å². The number of fused-ring (bicyclic) bond motifs is 1. The highest BCUT2D eigenvalue weighted by molar-refractivity contribution is 6.33. The van der Waals surface area contributed by atoms with Crippen molar-refractivity contribution in [2.45, 2.75) is 18.9 Å². The summed E-state index contributed by atoms with van der Waals surface area (Å²) in [6.07, 6.45) is 0. The van der Waals surface area contributed by atoms with Gasteiger partial charge < -0.3 is 0 Å². The van der Waals surface area contributed by atoms with E-state index in [4.69, 9.17) is 0 Å². The molecule has 0 aromatic heterocycles. The van der Waals surface area contributed by atoms with E-state index in [1.165, 1.54) is 0 Å². The van der Waals surface area contributed by atoms with Crippen LogP contribution in [0.25, 0.3) is 0 Å². The molecule has 5 nitrogen and oxygen atoms in total. The summed E-state index contributed by atoms with van der Waals surface area (Å²) >= 11 is 0. The van der Waals surface area contributed by atoms with Gasteiger partial charge in [-0.2, -0.15) is 0 Å². The Hall–Kier alpha value is -2.82. The number of nitro groups is 1. The minimum Gasteiger partial charge on any atom is -0.293 e. The first-order valence-electron chi connectivity index (χ1n) is 7.38. The van der Waals surface area contributed by atoms with Crippen molar-refractivity contribution >= 4 is 11.6 Å². The molecule has 2 aliphatic rings. The summed E-state index contributed by atoms with van der Waals surface area (Å²) in [4.78, 5) is 36.7. The van der Waals surface area contributed by atoms with Crippen LogP contribution in [0, 0.1) is 22.5 Å².